The summed E-state index contributed by atoms with van der Waals surface area (Å²) < 4.78 is 0. The molecule has 0 amide bonds. The zero-order chi connectivity index (χ0) is 12.5. The predicted molar refractivity (Wildman–Crippen MR) is 75.6 cm³/mol. The summed E-state index contributed by atoms with van der Waals surface area (Å²) in [5.74, 6) is 1.93. The molecule has 1 aromatic heterocycles. The van der Waals surface area contributed by atoms with Gasteiger partial charge in [-0.2, -0.15) is 0 Å². The van der Waals surface area contributed by atoms with Crippen molar-refractivity contribution in [2.75, 3.05) is 18.5 Å². The van der Waals surface area contributed by atoms with E-state index in [-0.39, 0.29) is 0 Å². The summed E-state index contributed by atoms with van der Waals surface area (Å²) in [6.07, 6.45) is 2.72. The lowest BCUT2D eigenvalue weighted by Crippen LogP contribution is -2.22. The minimum atomic E-state index is 0.495. The van der Waals surface area contributed by atoms with E-state index in [0.29, 0.717) is 6.54 Å². The van der Waals surface area contributed by atoms with Crippen molar-refractivity contribution in [3.8, 4) is 0 Å². The van der Waals surface area contributed by atoms with Crippen LogP contribution in [0.2, 0.25) is 0 Å². The van der Waals surface area contributed by atoms with Crippen LogP contribution >= 0.6 is 0 Å². The molecule has 0 spiro atoms. The van der Waals surface area contributed by atoms with Crippen LogP contribution in [-0.4, -0.2) is 18.6 Å². The molecular formula is C15H19N3. The van der Waals surface area contributed by atoms with Crippen molar-refractivity contribution in [3.63, 3.8) is 0 Å². The fourth-order valence-electron chi connectivity index (χ4n) is 2.40. The van der Waals surface area contributed by atoms with E-state index >= 15 is 0 Å². The average molecular weight is 241 g/mol. The van der Waals surface area contributed by atoms with Gasteiger partial charge in [0.15, 0.2) is 0 Å². The van der Waals surface area contributed by atoms with Crippen molar-refractivity contribution in [1.82, 2.24) is 4.98 Å². The van der Waals surface area contributed by atoms with Gasteiger partial charge >= 0.3 is 0 Å². The molecule has 0 unspecified atom stereocenters. The lowest BCUT2D eigenvalue weighted by atomic mass is 10.1. The number of pyridine rings is 1. The van der Waals surface area contributed by atoms with Crippen molar-refractivity contribution < 1.29 is 0 Å². The van der Waals surface area contributed by atoms with Crippen molar-refractivity contribution in [2.24, 2.45) is 11.7 Å². The smallest absolute Gasteiger partial charge is 0.136 e. The lowest BCUT2D eigenvalue weighted by molar-refractivity contribution is 0.776. The summed E-state index contributed by atoms with van der Waals surface area (Å²) >= 11 is 0. The normalized spacial score (nSPS) is 15.0. The SMILES string of the molecule is CN(CC1CC1)c1nc(CN)cc2ccccc12. The van der Waals surface area contributed by atoms with Crippen LogP contribution in [-0.2, 0) is 6.54 Å². The Bertz CT molecular complexity index is 561. The molecule has 3 rings (SSSR count). The highest BCUT2D eigenvalue weighted by Crippen LogP contribution is 2.32. The summed E-state index contributed by atoms with van der Waals surface area (Å²) in [7, 11) is 2.13. The Kier molecular flexibility index (Phi) is 2.92. The molecule has 1 heterocycles. The van der Waals surface area contributed by atoms with Crippen LogP contribution in [0, 0.1) is 5.92 Å². The third-order valence-corrected chi connectivity index (χ3v) is 3.57. The number of anilines is 1. The third-order valence-electron chi connectivity index (χ3n) is 3.57. The summed E-state index contributed by atoms with van der Waals surface area (Å²) in [5.41, 5.74) is 6.71. The topological polar surface area (TPSA) is 42.2 Å². The average Bonchev–Trinajstić information content (AvgIpc) is 3.21. The standard InChI is InChI=1S/C15H19N3/c1-18(10-11-6-7-11)15-14-5-3-2-4-12(14)8-13(9-16)17-15/h2-5,8,11H,6-7,9-10,16H2,1H3. The van der Waals surface area contributed by atoms with Crippen LogP contribution in [0.4, 0.5) is 5.82 Å². The van der Waals surface area contributed by atoms with E-state index in [1.54, 1.807) is 0 Å². The van der Waals surface area contributed by atoms with Gasteiger partial charge in [-0.1, -0.05) is 24.3 Å². The van der Waals surface area contributed by atoms with Crippen LogP contribution in [0.3, 0.4) is 0 Å². The molecule has 0 radical (unpaired) electrons. The molecule has 0 aliphatic heterocycles. The van der Waals surface area contributed by atoms with E-state index in [1.807, 2.05) is 0 Å². The number of nitrogens with two attached hydrogens (primary N) is 1. The second-order valence-electron chi connectivity index (χ2n) is 5.19. The molecular weight excluding hydrogens is 222 g/mol. The maximum absolute atomic E-state index is 5.74. The van der Waals surface area contributed by atoms with E-state index in [1.165, 1.54) is 23.6 Å². The van der Waals surface area contributed by atoms with Crippen molar-refractivity contribution in [2.45, 2.75) is 19.4 Å². The number of nitrogens with zero attached hydrogens (tertiary/aromatic N) is 2. The molecule has 3 nitrogen and oxygen atoms in total. The quantitative estimate of drug-likeness (QED) is 0.894. The van der Waals surface area contributed by atoms with Crippen LogP contribution in [0.15, 0.2) is 30.3 Å². The highest BCUT2D eigenvalue weighted by molar-refractivity contribution is 5.92. The Morgan fingerprint density at radius 2 is 2.11 bits per heavy atom. The second kappa shape index (κ2) is 4.58. The molecule has 0 saturated heterocycles. The zero-order valence-electron chi connectivity index (χ0n) is 10.8. The molecule has 3 heteroatoms. The maximum Gasteiger partial charge on any atom is 0.136 e. The van der Waals surface area contributed by atoms with Crippen LogP contribution < -0.4 is 10.6 Å². The molecule has 94 valence electrons. The monoisotopic (exact) mass is 241 g/mol. The third kappa shape index (κ3) is 2.18. The second-order valence-corrected chi connectivity index (χ2v) is 5.19. The van der Waals surface area contributed by atoms with Gasteiger partial charge in [-0.15, -0.1) is 0 Å². The Morgan fingerprint density at radius 3 is 2.83 bits per heavy atom. The first kappa shape index (κ1) is 11.5. The van der Waals surface area contributed by atoms with Crippen molar-refractivity contribution in [1.29, 1.82) is 0 Å². The number of rotatable bonds is 4. The summed E-state index contributed by atoms with van der Waals surface area (Å²) in [4.78, 5) is 6.98. The number of hydrogen-bond donors (Lipinski definition) is 1. The fourth-order valence-corrected chi connectivity index (χ4v) is 2.40. The van der Waals surface area contributed by atoms with Crippen LogP contribution in [0.5, 0.6) is 0 Å². The Morgan fingerprint density at radius 1 is 1.33 bits per heavy atom. The van der Waals surface area contributed by atoms with Gasteiger partial charge in [-0.05, 0) is 30.2 Å². The van der Waals surface area contributed by atoms with Crippen molar-refractivity contribution >= 4 is 16.6 Å². The lowest BCUT2D eigenvalue weighted by Gasteiger charge is -2.20. The van der Waals surface area contributed by atoms with Gasteiger partial charge in [0.25, 0.3) is 0 Å². The van der Waals surface area contributed by atoms with Gasteiger partial charge in [0.05, 0.1) is 5.69 Å². The van der Waals surface area contributed by atoms with E-state index in [2.05, 4.69) is 42.3 Å². The predicted octanol–water partition coefficient (Wildman–Crippen LogP) is 2.54. The highest BCUT2D eigenvalue weighted by atomic mass is 15.2. The molecule has 1 fully saturated rings. The van der Waals surface area contributed by atoms with Gasteiger partial charge in [0.2, 0.25) is 0 Å². The molecule has 0 atom stereocenters. The highest BCUT2D eigenvalue weighted by Gasteiger charge is 2.24. The van der Waals surface area contributed by atoms with Crippen LogP contribution in [0.1, 0.15) is 18.5 Å². The van der Waals surface area contributed by atoms with Crippen LogP contribution in [0.25, 0.3) is 10.8 Å². The first-order valence-electron chi connectivity index (χ1n) is 6.58. The van der Waals surface area contributed by atoms with Gasteiger partial charge in [0, 0.05) is 25.5 Å². The molecule has 2 N–H and O–H groups in total. The Hall–Kier alpha value is -1.61. The molecule has 2 aromatic rings. The minimum Gasteiger partial charge on any atom is -0.359 e. The zero-order valence-corrected chi connectivity index (χ0v) is 10.8. The molecule has 1 aliphatic rings. The first-order valence-corrected chi connectivity index (χ1v) is 6.58. The first-order chi connectivity index (χ1) is 8.78. The van der Waals surface area contributed by atoms with E-state index in [0.717, 1.165) is 24.0 Å². The van der Waals surface area contributed by atoms with Crippen molar-refractivity contribution in [3.05, 3.63) is 36.0 Å². The van der Waals surface area contributed by atoms with E-state index in [4.69, 9.17) is 10.7 Å². The van der Waals surface area contributed by atoms with E-state index < -0.39 is 0 Å². The Labute approximate surface area is 108 Å². The molecule has 1 aromatic carbocycles. The number of hydrogen-bond acceptors (Lipinski definition) is 3. The minimum absolute atomic E-state index is 0.495. The number of benzene rings is 1. The molecule has 1 aliphatic carbocycles. The summed E-state index contributed by atoms with van der Waals surface area (Å²) in [6.45, 7) is 1.60. The molecule has 18 heavy (non-hydrogen) atoms. The fraction of sp³-hybridized carbons (Fsp3) is 0.400. The van der Waals surface area contributed by atoms with Gasteiger partial charge in [-0.25, -0.2) is 4.98 Å². The number of fused-ring (bicyclic) bond motifs is 1. The summed E-state index contributed by atoms with van der Waals surface area (Å²) in [5, 5.41) is 2.45. The molecule has 0 bridgehead atoms. The Balaban J connectivity index is 2.06. The number of aromatic nitrogens is 1. The largest absolute Gasteiger partial charge is 0.359 e. The van der Waals surface area contributed by atoms with E-state index in [9.17, 15) is 0 Å². The molecule has 1 saturated carbocycles. The van der Waals surface area contributed by atoms with Gasteiger partial charge < -0.3 is 10.6 Å². The summed E-state index contributed by atoms with van der Waals surface area (Å²) in [6, 6.07) is 10.5. The van der Waals surface area contributed by atoms with Gasteiger partial charge in [-0.3, -0.25) is 0 Å². The maximum atomic E-state index is 5.74. The van der Waals surface area contributed by atoms with Gasteiger partial charge in [0.1, 0.15) is 5.82 Å².